The van der Waals surface area contributed by atoms with E-state index in [-0.39, 0.29) is 12.4 Å². The van der Waals surface area contributed by atoms with Crippen LogP contribution in [0.2, 0.25) is 0 Å². The van der Waals surface area contributed by atoms with Crippen LogP contribution in [-0.4, -0.2) is 42.8 Å². The molecule has 4 rings (SSSR count). The molecule has 8 nitrogen and oxygen atoms in total. The Kier molecular flexibility index (Phi) is 5.94. The first-order valence-corrected chi connectivity index (χ1v) is 9.78. The lowest BCUT2D eigenvalue weighted by Gasteiger charge is -2.12. The van der Waals surface area contributed by atoms with Crippen molar-refractivity contribution in [2.24, 2.45) is 5.92 Å². The van der Waals surface area contributed by atoms with Gasteiger partial charge in [-0.3, -0.25) is 9.59 Å². The van der Waals surface area contributed by atoms with E-state index in [9.17, 15) is 9.59 Å². The van der Waals surface area contributed by atoms with Gasteiger partial charge >= 0.3 is 0 Å². The van der Waals surface area contributed by atoms with Crippen molar-refractivity contribution in [1.29, 1.82) is 0 Å². The Labute approximate surface area is 173 Å². The third kappa shape index (κ3) is 4.60. The van der Waals surface area contributed by atoms with Crippen LogP contribution in [0, 0.1) is 5.92 Å². The summed E-state index contributed by atoms with van der Waals surface area (Å²) in [7, 11) is 1.52. The Bertz CT molecular complexity index is 1110. The summed E-state index contributed by atoms with van der Waals surface area (Å²) in [4.78, 5) is 31.6. The smallest absolute Gasteiger partial charge is 0.287 e. The number of carbonyl (C=O) groups excluding carboxylic acids is 1. The van der Waals surface area contributed by atoms with E-state index in [0.717, 1.165) is 30.9 Å². The molecule has 1 atom stereocenters. The van der Waals surface area contributed by atoms with Gasteiger partial charge in [0.25, 0.3) is 11.5 Å². The monoisotopic (exact) mass is 409 g/mol. The van der Waals surface area contributed by atoms with Crippen LogP contribution in [0.4, 0.5) is 0 Å². The summed E-state index contributed by atoms with van der Waals surface area (Å²) in [5, 5.41) is 3.15. The zero-order valence-corrected chi connectivity index (χ0v) is 16.6. The number of ether oxygens (including phenoxy) is 3. The normalized spacial score (nSPS) is 15.8. The topological polar surface area (TPSA) is 103 Å². The van der Waals surface area contributed by atoms with Gasteiger partial charge in [-0.2, -0.15) is 0 Å². The van der Waals surface area contributed by atoms with E-state index in [1.165, 1.54) is 7.11 Å². The van der Waals surface area contributed by atoms with Crippen LogP contribution in [0.1, 0.15) is 22.6 Å². The number of amides is 1. The fourth-order valence-electron chi connectivity index (χ4n) is 3.29. The van der Waals surface area contributed by atoms with Crippen molar-refractivity contribution in [2.45, 2.75) is 13.0 Å². The Hall–Kier alpha value is -3.39. The lowest BCUT2D eigenvalue weighted by molar-refractivity contribution is 0.0940. The fraction of sp³-hybridized carbons (Fsp3) is 0.318. The number of benzene rings is 2. The molecule has 1 aliphatic heterocycles. The lowest BCUT2D eigenvalue weighted by atomic mass is 10.1. The van der Waals surface area contributed by atoms with Gasteiger partial charge in [-0.05, 0) is 42.3 Å². The van der Waals surface area contributed by atoms with Crippen molar-refractivity contribution in [3.8, 4) is 11.5 Å². The van der Waals surface area contributed by atoms with Crippen LogP contribution in [-0.2, 0) is 11.3 Å². The second-order valence-electron chi connectivity index (χ2n) is 7.17. The maximum Gasteiger partial charge on any atom is 0.287 e. The largest absolute Gasteiger partial charge is 0.497 e. The summed E-state index contributed by atoms with van der Waals surface area (Å²) in [6.07, 6.45) is 1.01. The van der Waals surface area contributed by atoms with Gasteiger partial charge in [0, 0.05) is 19.1 Å². The SMILES string of the molecule is COc1ccc2nc(C(=O)NCc3cccc(OCC4CCOC4)c3)[nH]c(=O)c2c1. The van der Waals surface area contributed by atoms with Crippen LogP contribution < -0.4 is 20.3 Å². The number of carbonyl (C=O) groups is 1. The summed E-state index contributed by atoms with van der Waals surface area (Å²) in [5.41, 5.74) is 0.919. The van der Waals surface area contributed by atoms with Gasteiger partial charge in [-0.25, -0.2) is 4.98 Å². The number of hydrogen-bond acceptors (Lipinski definition) is 6. The molecule has 1 unspecified atom stereocenters. The van der Waals surface area contributed by atoms with Gasteiger partial charge in [0.1, 0.15) is 11.5 Å². The number of hydrogen-bond donors (Lipinski definition) is 2. The molecule has 1 saturated heterocycles. The van der Waals surface area contributed by atoms with E-state index < -0.39 is 11.5 Å². The lowest BCUT2D eigenvalue weighted by Crippen LogP contribution is -2.27. The molecule has 1 fully saturated rings. The molecule has 2 N–H and O–H groups in total. The predicted octanol–water partition coefficient (Wildman–Crippen LogP) is 2.28. The number of methoxy groups -OCH3 is 1. The van der Waals surface area contributed by atoms with Crippen LogP contribution in [0.25, 0.3) is 10.9 Å². The number of rotatable bonds is 7. The quantitative estimate of drug-likeness (QED) is 0.621. The Balaban J connectivity index is 1.40. The average molecular weight is 409 g/mol. The summed E-state index contributed by atoms with van der Waals surface area (Å²) in [6.45, 7) is 2.42. The molecule has 0 aliphatic carbocycles. The minimum absolute atomic E-state index is 0.0358. The molecule has 0 bridgehead atoms. The van der Waals surface area contributed by atoms with E-state index in [0.29, 0.717) is 29.2 Å². The van der Waals surface area contributed by atoms with Crippen molar-refractivity contribution in [1.82, 2.24) is 15.3 Å². The summed E-state index contributed by atoms with van der Waals surface area (Å²) in [5.74, 6) is 1.23. The van der Waals surface area contributed by atoms with Gasteiger partial charge < -0.3 is 24.5 Å². The maximum atomic E-state index is 12.5. The van der Waals surface area contributed by atoms with Crippen LogP contribution in [0.15, 0.2) is 47.3 Å². The molecule has 156 valence electrons. The van der Waals surface area contributed by atoms with Crippen molar-refractivity contribution in [3.63, 3.8) is 0 Å². The second-order valence-corrected chi connectivity index (χ2v) is 7.17. The summed E-state index contributed by atoms with van der Waals surface area (Å²) < 4.78 is 16.3. The molecule has 1 aromatic heterocycles. The second kappa shape index (κ2) is 8.96. The van der Waals surface area contributed by atoms with Crippen molar-refractivity contribution < 1.29 is 19.0 Å². The molecular formula is C22H23N3O5. The van der Waals surface area contributed by atoms with Gasteiger partial charge in [0.2, 0.25) is 0 Å². The third-order valence-electron chi connectivity index (χ3n) is 4.99. The minimum Gasteiger partial charge on any atom is -0.497 e. The Morgan fingerprint density at radius 2 is 2.17 bits per heavy atom. The number of H-pyrrole nitrogens is 1. The number of aromatic amines is 1. The molecule has 2 aromatic carbocycles. The Morgan fingerprint density at radius 3 is 2.97 bits per heavy atom. The molecule has 30 heavy (non-hydrogen) atoms. The highest BCUT2D eigenvalue weighted by molar-refractivity contribution is 5.92. The van der Waals surface area contributed by atoms with Crippen molar-refractivity contribution in [3.05, 3.63) is 64.2 Å². The molecule has 0 radical (unpaired) electrons. The number of nitrogens with zero attached hydrogens (tertiary/aromatic N) is 1. The summed E-state index contributed by atoms with van der Waals surface area (Å²) in [6, 6.07) is 12.5. The van der Waals surface area contributed by atoms with Gasteiger partial charge in [0.15, 0.2) is 5.82 Å². The molecule has 0 saturated carbocycles. The van der Waals surface area contributed by atoms with Crippen molar-refractivity contribution in [2.75, 3.05) is 26.9 Å². The Morgan fingerprint density at radius 1 is 1.27 bits per heavy atom. The highest BCUT2D eigenvalue weighted by Gasteiger charge is 2.16. The zero-order chi connectivity index (χ0) is 20.9. The van der Waals surface area contributed by atoms with E-state index in [2.05, 4.69) is 15.3 Å². The first-order valence-electron chi connectivity index (χ1n) is 9.78. The molecule has 8 heteroatoms. The van der Waals surface area contributed by atoms with E-state index in [1.54, 1.807) is 18.2 Å². The predicted molar refractivity (Wildman–Crippen MR) is 111 cm³/mol. The van der Waals surface area contributed by atoms with Crippen molar-refractivity contribution >= 4 is 16.8 Å². The maximum absolute atomic E-state index is 12.5. The van der Waals surface area contributed by atoms with Gasteiger partial charge in [-0.1, -0.05) is 12.1 Å². The first kappa shape index (κ1) is 19.9. The van der Waals surface area contributed by atoms with Crippen LogP contribution >= 0.6 is 0 Å². The van der Waals surface area contributed by atoms with Crippen LogP contribution in [0.3, 0.4) is 0 Å². The van der Waals surface area contributed by atoms with E-state index in [1.807, 2.05) is 24.3 Å². The van der Waals surface area contributed by atoms with E-state index in [4.69, 9.17) is 14.2 Å². The first-order chi connectivity index (χ1) is 14.6. The van der Waals surface area contributed by atoms with Gasteiger partial charge in [-0.15, -0.1) is 0 Å². The zero-order valence-electron chi connectivity index (χ0n) is 16.6. The standard InChI is InChI=1S/C22H23N3O5/c1-28-16-5-6-19-18(10-16)21(26)25-20(24-19)22(27)23-11-14-3-2-4-17(9-14)30-13-15-7-8-29-12-15/h2-6,9-10,15H,7-8,11-13H2,1H3,(H,23,27)(H,24,25,26). The van der Waals surface area contributed by atoms with E-state index >= 15 is 0 Å². The van der Waals surface area contributed by atoms with Gasteiger partial charge in [0.05, 0.1) is 31.2 Å². The number of fused-ring (bicyclic) bond motifs is 1. The fourth-order valence-corrected chi connectivity index (χ4v) is 3.29. The highest BCUT2D eigenvalue weighted by Crippen LogP contribution is 2.18. The molecule has 2 heterocycles. The highest BCUT2D eigenvalue weighted by atomic mass is 16.5. The minimum atomic E-state index is -0.459. The number of nitrogens with one attached hydrogen (secondary N) is 2. The molecule has 1 aliphatic rings. The third-order valence-corrected chi connectivity index (χ3v) is 4.99. The molecule has 0 spiro atoms. The number of aromatic nitrogens is 2. The van der Waals surface area contributed by atoms with Crippen LogP contribution in [0.5, 0.6) is 11.5 Å². The molecular weight excluding hydrogens is 386 g/mol. The average Bonchev–Trinajstić information content (AvgIpc) is 3.30. The summed E-state index contributed by atoms with van der Waals surface area (Å²) >= 11 is 0. The molecule has 1 amide bonds. The molecule has 3 aromatic rings.